The smallest absolute Gasteiger partial charge is 0.251 e. The normalized spacial score (nSPS) is 12.2. The quantitative estimate of drug-likeness (QED) is 0.762. The predicted molar refractivity (Wildman–Crippen MR) is 88.7 cm³/mol. The number of carbonyl (C=O) groups excluding carboxylic acids is 3. The van der Waals surface area contributed by atoms with Gasteiger partial charge in [-0.05, 0) is 24.6 Å². The summed E-state index contributed by atoms with van der Waals surface area (Å²) in [5.74, 6) is -0.577. The molecule has 0 bridgehead atoms. The SMILES string of the molecule is CNC(=O)c1ccc(CNC(=O)C(C)NC(=O)C(C)(C)C)cc1. The Morgan fingerprint density at radius 3 is 2.13 bits per heavy atom. The minimum atomic E-state index is -0.605. The van der Waals surface area contributed by atoms with Crippen LogP contribution >= 0.6 is 0 Å². The van der Waals surface area contributed by atoms with Crippen LogP contribution in [0.5, 0.6) is 0 Å². The van der Waals surface area contributed by atoms with E-state index in [2.05, 4.69) is 16.0 Å². The molecule has 0 aromatic heterocycles. The third-order valence-corrected chi connectivity index (χ3v) is 3.33. The Bertz CT molecular complexity index is 574. The standard InChI is InChI=1S/C17H25N3O3/c1-11(20-16(23)17(2,3)4)14(21)19-10-12-6-8-13(9-7-12)15(22)18-5/h6-9,11H,10H2,1-5H3,(H,18,22)(H,19,21)(H,20,23). The lowest BCUT2D eigenvalue weighted by Gasteiger charge is -2.21. The molecule has 0 radical (unpaired) electrons. The van der Waals surface area contributed by atoms with Crippen molar-refractivity contribution < 1.29 is 14.4 Å². The van der Waals surface area contributed by atoms with Crippen LogP contribution in [0.2, 0.25) is 0 Å². The number of carbonyl (C=O) groups is 3. The number of nitrogens with one attached hydrogen (secondary N) is 3. The Balaban J connectivity index is 2.52. The summed E-state index contributed by atoms with van der Waals surface area (Å²) in [7, 11) is 1.57. The second kappa shape index (κ2) is 7.76. The Labute approximate surface area is 137 Å². The second-order valence-electron chi connectivity index (χ2n) is 6.44. The van der Waals surface area contributed by atoms with Gasteiger partial charge in [0, 0.05) is 24.6 Å². The zero-order chi connectivity index (χ0) is 17.6. The van der Waals surface area contributed by atoms with Gasteiger partial charge in [-0.2, -0.15) is 0 Å². The summed E-state index contributed by atoms with van der Waals surface area (Å²) in [4.78, 5) is 35.3. The molecule has 0 aliphatic carbocycles. The molecule has 1 aromatic rings. The molecule has 23 heavy (non-hydrogen) atoms. The van der Waals surface area contributed by atoms with E-state index in [0.717, 1.165) is 5.56 Å². The van der Waals surface area contributed by atoms with Gasteiger partial charge < -0.3 is 16.0 Å². The van der Waals surface area contributed by atoms with Crippen molar-refractivity contribution in [2.75, 3.05) is 7.05 Å². The molecule has 1 rings (SSSR count). The number of rotatable bonds is 5. The number of amides is 3. The zero-order valence-corrected chi connectivity index (χ0v) is 14.3. The van der Waals surface area contributed by atoms with Crippen molar-refractivity contribution in [3.63, 3.8) is 0 Å². The average molecular weight is 319 g/mol. The molecule has 0 spiro atoms. The summed E-state index contributed by atoms with van der Waals surface area (Å²) in [6, 6.07) is 6.36. The Morgan fingerprint density at radius 1 is 1.09 bits per heavy atom. The van der Waals surface area contributed by atoms with E-state index in [0.29, 0.717) is 12.1 Å². The van der Waals surface area contributed by atoms with Crippen molar-refractivity contribution in [1.82, 2.24) is 16.0 Å². The topological polar surface area (TPSA) is 87.3 Å². The molecular weight excluding hydrogens is 294 g/mol. The molecule has 0 saturated heterocycles. The highest BCUT2D eigenvalue weighted by atomic mass is 16.2. The van der Waals surface area contributed by atoms with Gasteiger partial charge in [0.05, 0.1) is 0 Å². The van der Waals surface area contributed by atoms with Gasteiger partial charge in [0.15, 0.2) is 0 Å². The minimum Gasteiger partial charge on any atom is -0.355 e. The molecule has 1 aromatic carbocycles. The van der Waals surface area contributed by atoms with E-state index >= 15 is 0 Å². The lowest BCUT2D eigenvalue weighted by Crippen LogP contribution is -2.48. The summed E-state index contributed by atoms with van der Waals surface area (Å²) >= 11 is 0. The van der Waals surface area contributed by atoms with E-state index in [1.165, 1.54) is 0 Å². The van der Waals surface area contributed by atoms with E-state index in [-0.39, 0.29) is 17.7 Å². The van der Waals surface area contributed by atoms with E-state index in [1.807, 2.05) is 0 Å². The molecule has 3 amide bonds. The van der Waals surface area contributed by atoms with Crippen LogP contribution in [0.25, 0.3) is 0 Å². The van der Waals surface area contributed by atoms with Crippen molar-refractivity contribution in [2.24, 2.45) is 5.41 Å². The van der Waals surface area contributed by atoms with Gasteiger partial charge in [-0.1, -0.05) is 32.9 Å². The van der Waals surface area contributed by atoms with Gasteiger partial charge in [0.1, 0.15) is 6.04 Å². The monoisotopic (exact) mass is 319 g/mol. The molecule has 6 heteroatoms. The van der Waals surface area contributed by atoms with Crippen LogP contribution in [0, 0.1) is 5.41 Å². The zero-order valence-electron chi connectivity index (χ0n) is 14.3. The molecule has 0 aliphatic rings. The molecule has 0 fully saturated rings. The van der Waals surface area contributed by atoms with Gasteiger partial charge in [-0.25, -0.2) is 0 Å². The Hall–Kier alpha value is -2.37. The highest BCUT2D eigenvalue weighted by molar-refractivity contribution is 5.94. The molecule has 1 atom stereocenters. The third-order valence-electron chi connectivity index (χ3n) is 3.33. The largest absolute Gasteiger partial charge is 0.355 e. The third kappa shape index (κ3) is 5.73. The highest BCUT2D eigenvalue weighted by Gasteiger charge is 2.24. The number of hydrogen-bond donors (Lipinski definition) is 3. The van der Waals surface area contributed by atoms with Crippen molar-refractivity contribution in [3.8, 4) is 0 Å². The molecule has 0 aliphatic heterocycles. The van der Waals surface area contributed by atoms with Gasteiger partial charge >= 0.3 is 0 Å². The van der Waals surface area contributed by atoms with E-state index in [9.17, 15) is 14.4 Å². The van der Waals surface area contributed by atoms with Crippen LogP contribution in [-0.2, 0) is 16.1 Å². The van der Waals surface area contributed by atoms with Crippen LogP contribution in [0.3, 0.4) is 0 Å². The minimum absolute atomic E-state index is 0.154. The molecule has 1 unspecified atom stereocenters. The van der Waals surface area contributed by atoms with Crippen LogP contribution < -0.4 is 16.0 Å². The fourth-order valence-corrected chi connectivity index (χ4v) is 1.74. The lowest BCUT2D eigenvalue weighted by atomic mass is 9.95. The molecule has 0 heterocycles. The van der Waals surface area contributed by atoms with Crippen LogP contribution in [0.1, 0.15) is 43.6 Å². The van der Waals surface area contributed by atoms with E-state index < -0.39 is 11.5 Å². The first-order chi connectivity index (χ1) is 10.6. The lowest BCUT2D eigenvalue weighted by molar-refractivity contribution is -0.133. The first kappa shape index (κ1) is 18.7. The molecular formula is C17H25N3O3. The van der Waals surface area contributed by atoms with E-state index in [4.69, 9.17) is 0 Å². The van der Waals surface area contributed by atoms with Crippen molar-refractivity contribution in [2.45, 2.75) is 40.3 Å². The summed E-state index contributed by atoms with van der Waals surface area (Å²) in [6.07, 6.45) is 0. The van der Waals surface area contributed by atoms with E-state index in [1.54, 1.807) is 59.0 Å². The van der Waals surface area contributed by atoms with Gasteiger partial charge in [-0.15, -0.1) is 0 Å². The van der Waals surface area contributed by atoms with Crippen LogP contribution in [-0.4, -0.2) is 30.8 Å². The number of hydrogen-bond acceptors (Lipinski definition) is 3. The average Bonchev–Trinajstić information content (AvgIpc) is 2.51. The van der Waals surface area contributed by atoms with Gasteiger partial charge in [-0.3, -0.25) is 14.4 Å². The van der Waals surface area contributed by atoms with Crippen LogP contribution in [0.15, 0.2) is 24.3 Å². The predicted octanol–water partition coefficient (Wildman–Crippen LogP) is 1.21. The maximum atomic E-state index is 12.0. The van der Waals surface area contributed by atoms with Gasteiger partial charge in [0.25, 0.3) is 5.91 Å². The highest BCUT2D eigenvalue weighted by Crippen LogP contribution is 2.12. The van der Waals surface area contributed by atoms with Crippen molar-refractivity contribution in [1.29, 1.82) is 0 Å². The molecule has 6 nitrogen and oxygen atoms in total. The molecule has 0 saturated carbocycles. The maximum Gasteiger partial charge on any atom is 0.251 e. The summed E-state index contributed by atoms with van der Waals surface area (Å²) in [6.45, 7) is 7.36. The first-order valence-corrected chi connectivity index (χ1v) is 7.55. The Morgan fingerprint density at radius 2 is 1.65 bits per heavy atom. The van der Waals surface area contributed by atoms with Crippen molar-refractivity contribution in [3.05, 3.63) is 35.4 Å². The Kier molecular flexibility index (Phi) is 6.30. The molecule has 126 valence electrons. The molecule has 3 N–H and O–H groups in total. The fourth-order valence-electron chi connectivity index (χ4n) is 1.74. The number of benzene rings is 1. The van der Waals surface area contributed by atoms with Gasteiger partial charge in [0.2, 0.25) is 11.8 Å². The van der Waals surface area contributed by atoms with Crippen LogP contribution in [0.4, 0.5) is 0 Å². The summed E-state index contributed by atoms with van der Waals surface area (Å²) < 4.78 is 0. The maximum absolute atomic E-state index is 12.0. The first-order valence-electron chi connectivity index (χ1n) is 7.55. The summed E-state index contributed by atoms with van der Waals surface area (Å²) in [5.41, 5.74) is 0.901. The second-order valence-corrected chi connectivity index (χ2v) is 6.44. The fraction of sp³-hybridized carbons (Fsp3) is 0.471. The summed E-state index contributed by atoms with van der Waals surface area (Å²) in [5, 5.41) is 7.99. The van der Waals surface area contributed by atoms with Crippen molar-refractivity contribution >= 4 is 17.7 Å².